The maximum absolute atomic E-state index is 13.7. The lowest BCUT2D eigenvalue weighted by molar-refractivity contribution is 0.0947. The zero-order valence-electron chi connectivity index (χ0n) is 18.5. The number of fused-ring (bicyclic) bond motifs is 2. The van der Waals surface area contributed by atoms with Crippen molar-refractivity contribution in [1.82, 2.24) is 5.32 Å². The molecule has 7 heteroatoms. The molecule has 0 radical (unpaired) electrons. The molecule has 0 bridgehead atoms. The second kappa shape index (κ2) is 7.85. The van der Waals surface area contributed by atoms with Crippen LogP contribution in [-0.4, -0.2) is 26.3 Å². The first-order chi connectivity index (χ1) is 15.8. The van der Waals surface area contributed by atoms with Crippen molar-refractivity contribution in [2.75, 3.05) is 4.90 Å². The number of aryl methyl sites for hydroxylation is 2. The third-order valence-corrected chi connectivity index (χ3v) is 8.06. The highest BCUT2D eigenvalue weighted by Gasteiger charge is 2.36. The van der Waals surface area contributed by atoms with Crippen LogP contribution in [0.2, 0.25) is 0 Å². The minimum absolute atomic E-state index is 0.0186. The molecule has 1 N–H and O–H groups in total. The van der Waals surface area contributed by atoms with Crippen molar-refractivity contribution in [2.45, 2.75) is 49.1 Å². The number of hydrogen-bond acceptors (Lipinski definition) is 4. The molecule has 1 aliphatic carbocycles. The van der Waals surface area contributed by atoms with Gasteiger partial charge in [0, 0.05) is 11.6 Å². The Kier molecular flexibility index (Phi) is 5.09. The van der Waals surface area contributed by atoms with Gasteiger partial charge < -0.3 is 10.2 Å². The van der Waals surface area contributed by atoms with Crippen LogP contribution in [0.1, 0.15) is 50.2 Å². The summed E-state index contributed by atoms with van der Waals surface area (Å²) in [5.41, 5.74) is 3.64. The third-order valence-electron chi connectivity index (χ3n) is 6.20. The van der Waals surface area contributed by atoms with Gasteiger partial charge in [-0.15, -0.1) is 0 Å². The fraction of sp³-hybridized carbons (Fsp3) is 0.231. The van der Waals surface area contributed by atoms with Gasteiger partial charge in [0.05, 0.1) is 27.6 Å². The second-order valence-corrected chi connectivity index (χ2v) is 10.6. The molecule has 1 heterocycles. The number of carbonyl (C=O) groups is 2. The van der Waals surface area contributed by atoms with E-state index in [2.05, 4.69) is 5.32 Å². The summed E-state index contributed by atoms with van der Waals surface area (Å²) in [5.74, 6) is -0.674. The largest absolute Gasteiger partial charge is 0.349 e. The first-order valence-electron chi connectivity index (χ1n) is 10.9. The summed E-state index contributed by atoms with van der Waals surface area (Å²) in [6, 6.07) is 16.9. The van der Waals surface area contributed by atoms with E-state index in [9.17, 15) is 18.0 Å². The molecule has 3 aromatic carbocycles. The van der Waals surface area contributed by atoms with Crippen molar-refractivity contribution in [3.05, 3.63) is 88.5 Å². The van der Waals surface area contributed by atoms with E-state index < -0.39 is 15.7 Å². The molecule has 0 spiro atoms. The molecule has 0 unspecified atom stereocenters. The summed E-state index contributed by atoms with van der Waals surface area (Å²) in [6.07, 6.45) is 1.88. The number of sulfone groups is 1. The zero-order chi connectivity index (χ0) is 23.3. The van der Waals surface area contributed by atoms with E-state index in [0.717, 1.165) is 29.5 Å². The fourth-order valence-corrected chi connectivity index (χ4v) is 5.77. The van der Waals surface area contributed by atoms with Crippen molar-refractivity contribution in [3.8, 4) is 0 Å². The molecule has 3 aromatic rings. The van der Waals surface area contributed by atoms with Crippen LogP contribution in [0.25, 0.3) is 0 Å². The van der Waals surface area contributed by atoms with Gasteiger partial charge in [0.1, 0.15) is 0 Å². The minimum Gasteiger partial charge on any atom is -0.349 e. The van der Waals surface area contributed by atoms with E-state index >= 15 is 0 Å². The number of amides is 2. The Labute approximate surface area is 193 Å². The maximum atomic E-state index is 13.7. The molecule has 1 aliphatic heterocycles. The molecular weight excluding hydrogens is 436 g/mol. The van der Waals surface area contributed by atoms with Crippen LogP contribution in [0.5, 0.6) is 0 Å². The topological polar surface area (TPSA) is 83.6 Å². The molecule has 1 saturated carbocycles. The average Bonchev–Trinajstić information content (AvgIpc) is 3.62. The molecule has 6 nitrogen and oxygen atoms in total. The number of rotatable bonds is 4. The number of anilines is 1. The quantitative estimate of drug-likeness (QED) is 0.633. The highest BCUT2D eigenvalue weighted by atomic mass is 32.2. The summed E-state index contributed by atoms with van der Waals surface area (Å²) in [4.78, 5) is 27.9. The number of benzene rings is 3. The summed E-state index contributed by atoms with van der Waals surface area (Å²) in [6.45, 7) is 4.13. The highest BCUT2D eigenvalue weighted by molar-refractivity contribution is 7.91. The molecule has 33 heavy (non-hydrogen) atoms. The van der Waals surface area contributed by atoms with Crippen LogP contribution in [0.3, 0.4) is 0 Å². The molecule has 168 valence electrons. The summed E-state index contributed by atoms with van der Waals surface area (Å²) in [7, 11) is -3.96. The predicted molar refractivity (Wildman–Crippen MR) is 125 cm³/mol. The average molecular weight is 461 g/mol. The second-order valence-electron chi connectivity index (χ2n) is 8.75. The number of hydrogen-bond donors (Lipinski definition) is 1. The Hall–Kier alpha value is -3.45. The van der Waals surface area contributed by atoms with Crippen LogP contribution < -0.4 is 10.2 Å². The van der Waals surface area contributed by atoms with Crippen LogP contribution in [0.15, 0.2) is 70.5 Å². The third kappa shape index (κ3) is 3.82. The van der Waals surface area contributed by atoms with Crippen molar-refractivity contribution < 1.29 is 18.0 Å². The first kappa shape index (κ1) is 21.4. The van der Waals surface area contributed by atoms with Crippen molar-refractivity contribution in [2.24, 2.45) is 0 Å². The van der Waals surface area contributed by atoms with Gasteiger partial charge in [-0.3, -0.25) is 9.59 Å². The lowest BCUT2D eigenvalue weighted by Crippen LogP contribution is -2.31. The lowest BCUT2D eigenvalue weighted by atomic mass is 10.0. The van der Waals surface area contributed by atoms with Gasteiger partial charge in [-0.1, -0.05) is 35.9 Å². The molecular formula is C26H24N2O4S. The van der Waals surface area contributed by atoms with Crippen molar-refractivity contribution >= 4 is 27.3 Å². The summed E-state index contributed by atoms with van der Waals surface area (Å²) < 4.78 is 27.1. The van der Waals surface area contributed by atoms with Crippen molar-refractivity contribution in [3.63, 3.8) is 0 Å². The van der Waals surface area contributed by atoms with E-state index in [1.807, 2.05) is 32.0 Å². The van der Waals surface area contributed by atoms with Gasteiger partial charge in [0.2, 0.25) is 9.84 Å². The van der Waals surface area contributed by atoms with Crippen LogP contribution in [-0.2, 0) is 16.4 Å². The minimum atomic E-state index is -3.96. The number of nitrogens with zero attached hydrogens (tertiary/aromatic N) is 1. The van der Waals surface area contributed by atoms with Crippen LogP contribution in [0.4, 0.5) is 5.69 Å². The molecule has 0 aromatic heterocycles. The van der Waals surface area contributed by atoms with E-state index in [4.69, 9.17) is 0 Å². The zero-order valence-corrected chi connectivity index (χ0v) is 19.3. The fourth-order valence-electron chi connectivity index (χ4n) is 4.14. The monoisotopic (exact) mass is 460 g/mol. The van der Waals surface area contributed by atoms with E-state index in [1.54, 1.807) is 12.1 Å². The SMILES string of the molecule is Cc1ccc(C)c(CN2C(=O)c3ccccc3S(=O)(=O)c3ccc(C(=O)NC4CC4)cc32)c1. The molecule has 2 amide bonds. The molecule has 5 rings (SSSR count). The molecule has 0 atom stereocenters. The van der Waals surface area contributed by atoms with Gasteiger partial charge in [0.25, 0.3) is 11.8 Å². The standard InChI is InChI=1S/C26H24N2O4S/c1-16-7-8-17(2)19(13-16)15-28-22-14-18(25(29)27-20-10-11-20)9-12-24(22)33(31,32)23-6-4-3-5-21(23)26(28)30/h3-9,12-14,20H,10-11,15H2,1-2H3,(H,27,29). The Morgan fingerprint density at radius 3 is 2.52 bits per heavy atom. The summed E-state index contributed by atoms with van der Waals surface area (Å²) >= 11 is 0. The van der Waals surface area contributed by atoms with E-state index in [1.165, 1.54) is 35.2 Å². The molecule has 2 aliphatic rings. The smallest absolute Gasteiger partial charge is 0.259 e. The van der Waals surface area contributed by atoms with Gasteiger partial charge >= 0.3 is 0 Å². The number of carbonyl (C=O) groups excluding carboxylic acids is 2. The van der Waals surface area contributed by atoms with E-state index in [-0.39, 0.29) is 39.5 Å². The molecule has 1 fully saturated rings. The van der Waals surface area contributed by atoms with E-state index in [0.29, 0.717) is 5.56 Å². The van der Waals surface area contributed by atoms with Gasteiger partial charge in [-0.05, 0) is 68.1 Å². The highest BCUT2D eigenvalue weighted by Crippen LogP contribution is 2.38. The maximum Gasteiger partial charge on any atom is 0.259 e. The lowest BCUT2D eigenvalue weighted by Gasteiger charge is -2.24. The van der Waals surface area contributed by atoms with Gasteiger partial charge in [-0.2, -0.15) is 0 Å². The number of nitrogens with one attached hydrogen (secondary N) is 1. The first-order valence-corrected chi connectivity index (χ1v) is 12.4. The van der Waals surface area contributed by atoms with Crippen molar-refractivity contribution in [1.29, 1.82) is 0 Å². The molecule has 0 saturated heterocycles. The van der Waals surface area contributed by atoms with Gasteiger partial charge in [-0.25, -0.2) is 8.42 Å². The predicted octanol–water partition coefficient (Wildman–Crippen LogP) is 4.19. The summed E-state index contributed by atoms with van der Waals surface area (Å²) in [5, 5.41) is 2.93. The Morgan fingerprint density at radius 1 is 1.00 bits per heavy atom. The van der Waals surface area contributed by atoms with Crippen LogP contribution >= 0.6 is 0 Å². The normalized spacial score (nSPS) is 16.5. The van der Waals surface area contributed by atoms with Gasteiger partial charge in [0.15, 0.2) is 0 Å². The Morgan fingerprint density at radius 2 is 1.76 bits per heavy atom. The van der Waals surface area contributed by atoms with Crippen LogP contribution in [0, 0.1) is 13.8 Å². The Balaban J connectivity index is 1.70. The Bertz CT molecular complexity index is 1410.